The Kier molecular flexibility index (Phi) is 4.91. The van der Waals surface area contributed by atoms with E-state index in [9.17, 15) is 4.80 Å². The first-order valence-corrected chi connectivity index (χ1v) is 11.2. The van der Waals surface area contributed by atoms with Crippen LogP contribution in [0.5, 0.6) is 0 Å². The Morgan fingerprint density at radius 2 is 0.654 bits per heavy atom. The Balaban J connectivity index is 2.53. The summed E-state index contributed by atoms with van der Waals surface area (Å²) < 4.78 is 0. The van der Waals surface area contributed by atoms with Crippen molar-refractivity contribution in [3.63, 3.8) is 0 Å². The van der Waals surface area contributed by atoms with Crippen LogP contribution in [0.2, 0.25) is 0 Å². The summed E-state index contributed by atoms with van der Waals surface area (Å²) in [6.45, 7) is 12.8. The zero-order chi connectivity index (χ0) is 19.1. The predicted molar refractivity (Wildman–Crippen MR) is 115 cm³/mol. The van der Waals surface area contributed by atoms with E-state index in [1.165, 1.54) is 33.4 Å². The molecule has 0 aliphatic carbocycles. The van der Waals surface area contributed by atoms with Crippen LogP contribution >= 0.6 is 0 Å². The minimum atomic E-state index is -3.15. The molecule has 0 bridgehead atoms. The molecule has 3 rings (SSSR count). The van der Waals surface area contributed by atoms with E-state index < -0.39 is 8.32 Å². The number of aryl methyl sites for hydroxylation is 6. The highest BCUT2D eigenvalue weighted by Crippen LogP contribution is 2.17. The van der Waals surface area contributed by atoms with E-state index in [2.05, 4.69) is 96.1 Å². The van der Waals surface area contributed by atoms with Crippen molar-refractivity contribution in [2.24, 2.45) is 0 Å². The lowest BCUT2D eigenvalue weighted by molar-refractivity contribution is 0.581. The SMILES string of the molecule is Cc1cccc(C)c1[Si](O)(c1c(C)cccc1C)c1c(C)cccc1C. The molecule has 0 saturated heterocycles. The summed E-state index contributed by atoms with van der Waals surface area (Å²) in [5, 5.41) is 3.40. The smallest absolute Gasteiger partial charge is 0.287 e. The molecule has 0 heterocycles. The summed E-state index contributed by atoms with van der Waals surface area (Å²) in [5.74, 6) is 0. The summed E-state index contributed by atoms with van der Waals surface area (Å²) >= 11 is 0. The van der Waals surface area contributed by atoms with Crippen LogP contribution in [-0.4, -0.2) is 13.1 Å². The van der Waals surface area contributed by atoms with Crippen molar-refractivity contribution in [2.75, 3.05) is 0 Å². The van der Waals surface area contributed by atoms with Crippen molar-refractivity contribution in [1.82, 2.24) is 0 Å². The molecule has 0 fully saturated rings. The van der Waals surface area contributed by atoms with E-state index in [-0.39, 0.29) is 0 Å². The second-order valence-corrected chi connectivity index (χ2v) is 10.4. The molecule has 0 radical (unpaired) electrons. The van der Waals surface area contributed by atoms with Crippen LogP contribution in [-0.2, 0) is 0 Å². The normalized spacial score (nSPS) is 11.7. The molecule has 1 nitrogen and oxygen atoms in total. The van der Waals surface area contributed by atoms with Crippen molar-refractivity contribution in [1.29, 1.82) is 0 Å². The molecule has 0 aliphatic rings. The minimum absolute atomic E-state index is 1.13. The molecule has 134 valence electrons. The lowest BCUT2D eigenvalue weighted by Gasteiger charge is -2.34. The summed E-state index contributed by atoms with van der Waals surface area (Å²) in [7, 11) is -3.15. The van der Waals surface area contributed by atoms with Crippen LogP contribution in [0.15, 0.2) is 54.6 Å². The monoisotopic (exact) mass is 360 g/mol. The third-order valence-corrected chi connectivity index (χ3v) is 10.1. The maximum absolute atomic E-state index is 12.6. The van der Waals surface area contributed by atoms with Crippen molar-refractivity contribution >= 4 is 23.9 Å². The van der Waals surface area contributed by atoms with Crippen LogP contribution in [0.25, 0.3) is 0 Å². The standard InChI is InChI=1S/C24H28OSi/c1-16-10-7-11-17(2)22(16)26(25,23-18(3)12-8-13-19(23)4)24-20(5)14-9-15-21(24)6/h7-15,25H,1-6H3. The van der Waals surface area contributed by atoms with E-state index in [1.54, 1.807) is 0 Å². The van der Waals surface area contributed by atoms with E-state index >= 15 is 0 Å². The van der Waals surface area contributed by atoms with Crippen molar-refractivity contribution in [3.8, 4) is 0 Å². The van der Waals surface area contributed by atoms with Crippen LogP contribution in [0.1, 0.15) is 33.4 Å². The van der Waals surface area contributed by atoms with Gasteiger partial charge in [0.2, 0.25) is 0 Å². The molecule has 26 heavy (non-hydrogen) atoms. The fourth-order valence-corrected chi connectivity index (χ4v) is 9.20. The first-order chi connectivity index (χ1) is 12.3. The maximum Gasteiger partial charge on any atom is 0.287 e. The fraction of sp³-hybridized carbons (Fsp3) is 0.250. The number of hydrogen-bond acceptors (Lipinski definition) is 1. The van der Waals surface area contributed by atoms with Crippen LogP contribution in [0.3, 0.4) is 0 Å². The molecule has 2 heteroatoms. The Bertz CT molecular complexity index is 786. The van der Waals surface area contributed by atoms with Gasteiger partial charge < -0.3 is 4.80 Å². The van der Waals surface area contributed by atoms with Gasteiger partial charge in [0.1, 0.15) is 0 Å². The summed E-state index contributed by atoms with van der Waals surface area (Å²) in [4.78, 5) is 12.6. The van der Waals surface area contributed by atoms with Gasteiger partial charge >= 0.3 is 0 Å². The molecule has 0 amide bonds. The van der Waals surface area contributed by atoms with E-state index in [0.29, 0.717) is 0 Å². The van der Waals surface area contributed by atoms with Gasteiger partial charge in [-0.2, -0.15) is 0 Å². The number of benzene rings is 3. The summed E-state index contributed by atoms with van der Waals surface area (Å²) in [6.07, 6.45) is 0. The summed E-state index contributed by atoms with van der Waals surface area (Å²) in [5.41, 5.74) is 7.02. The second kappa shape index (κ2) is 6.86. The third kappa shape index (κ3) is 2.83. The second-order valence-electron chi connectivity index (χ2n) is 7.51. The lowest BCUT2D eigenvalue weighted by atomic mass is 10.1. The average molecular weight is 361 g/mol. The van der Waals surface area contributed by atoms with Crippen LogP contribution in [0.4, 0.5) is 0 Å². The highest BCUT2D eigenvalue weighted by Gasteiger charge is 2.44. The zero-order valence-corrected chi connectivity index (χ0v) is 17.6. The summed E-state index contributed by atoms with van der Waals surface area (Å²) in [6, 6.07) is 19.0. The van der Waals surface area contributed by atoms with Crippen molar-refractivity contribution in [2.45, 2.75) is 41.5 Å². The van der Waals surface area contributed by atoms with E-state index in [1.807, 2.05) is 0 Å². The maximum atomic E-state index is 12.6. The molecule has 0 aromatic heterocycles. The molecule has 0 aliphatic heterocycles. The largest absolute Gasteiger partial charge is 0.421 e. The van der Waals surface area contributed by atoms with Crippen molar-refractivity contribution in [3.05, 3.63) is 88.0 Å². The molecule has 0 saturated carbocycles. The Hall–Kier alpha value is -2.16. The molecule has 0 atom stereocenters. The van der Waals surface area contributed by atoms with Gasteiger partial charge in [0.25, 0.3) is 8.32 Å². The first kappa shape index (κ1) is 18.6. The first-order valence-electron chi connectivity index (χ1n) is 9.21. The molecular weight excluding hydrogens is 332 g/mol. The Labute approximate surface area is 158 Å². The van der Waals surface area contributed by atoms with Gasteiger partial charge in [-0.05, 0) is 90.5 Å². The third-order valence-electron chi connectivity index (χ3n) is 5.53. The topological polar surface area (TPSA) is 20.2 Å². The zero-order valence-electron chi connectivity index (χ0n) is 16.6. The van der Waals surface area contributed by atoms with Gasteiger partial charge in [-0.3, -0.25) is 0 Å². The minimum Gasteiger partial charge on any atom is -0.421 e. The molecule has 1 N–H and O–H groups in total. The Morgan fingerprint density at radius 3 is 0.846 bits per heavy atom. The van der Waals surface area contributed by atoms with E-state index in [0.717, 1.165) is 15.6 Å². The fourth-order valence-electron chi connectivity index (χ4n) is 4.53. The number of hydrogen-bond donors (Lipinski definition) is 1. The van der Waals surface area contributed by atoms with Gasteiger partial charge in [-0.25, -0.2) is 0 Å². The molecule has 0 spiro atoms. The quantitative estimate of drug-likeness (QED) is 0.560. The average Bonchev–Trinajstić information content (AvgIpc) is 2.54. The van der Waals surface area contributed by atoms with Crippen molar-refractivity contribution < 1.29 is 4.80 Å². The number of rotatable bonds is 3. The molecular formula is C24H28OSi. The van der Waals surface area contributed by atoms with Gasteiger partial charge in [0.15, 0.2) is 0 Å². The van der Waals surface area contributed by atoms with Gasteiger partial charge in [-0.1, -0.05) is 54.6 Å². The molecule has 0 unspecified atom stereocenters. The predicted octanol–water partition coefficient (Wildman–Crippen LogP) is 3.50. The highest BCUT2D eigenvalue weighted by atomic mass is 28.4. The highest BCUT2D eigenvalue weighted by molar-refractivity contribution is 7.07. The van der Waals surface area contributed by atoms with Gasteiger partial charge in [0, 0.05) is 0 Å². The van der Waals surface area contributed by atoms with Crippen LogP contribution in [0, 0.1) is 41.5 Å². The Morgan fingerprint density at radius 1 is 0.462 bits per heavy atom. The lowest BCUT2D eigenvalue weighted by Crippen LogP contribution is -2.71. The molecule has 3 aromatic rings. The van der Waals surface area contributed by atoms with Gasteiger partial charge in [0.05, 0.1) is 0 Å². The molecule has 3 aromatic carbocycles. The van der Waals surface area contributed by atoms with Gasteiger partial charge in [-0.15, -0.1) is 0 Å². The van der Waals surface area contributed by atoms with E-state index in [4.69, 9.17) is 0 Å². The van der Waals surface area contributed by atoms with Crippen LogP contribution < -0.4 is 15.6 Å².